The lowest BCUT2D eigenvalue weighted by atomic mass is 10.1. The lowest BCUT2D eigenvalue weighted by molar-refractivity contribution is -0.117. The fourth-order valence-corrected chi connectivity index (χ4v) is 5.47. The Morgan fingerprint density at radius 1 is 1.08 bits per heavy atom. The van der Waals surface area contributed by atoms with E-state index in [0.717, 1.165) is 17.4 Å². The first-order valence-corrected chi connectivity index (χ1v) is 13.8. The molecule has 0 radical (unpaired) electrons. The van der Waals surface area contributed by atoms with Gasteiger partial charge in [0.15, 0.2) is 0 Å². The van der Waals surface area contributed by atoms with Crippen LogP contribution in [0.25, 0.3) is 0 Å². The molecule has 0 unspecified atom stereocenters. The third-order valence-corrected chi connectivity index (χ3v) is 7.99. The molecule has 8 nitrogen and oxygen atoms in total. The molecular formula is C26H29F2N5O3S. The number of rotatable bonds is 9. The Bertz CT molecular complexity index is 1360. The minimum absolute atomic E-state index is 0.0438. The van der Waals surface area contributed by atoms with E-state index >= 15 is 0 Å². The highest BCUT2D eigenvalue weighted by Gasteiger charge is 2.26. The molecule has 1 aliphatic rings. The van der Waals surface area contributed by atoms with Crippen LogP contribution in [-0.2, 0) is 27.6 Å². The van der Waals surface area contributed by atoms with E-state index in [1.165, 1.54) is 24.6 Å². The molecule has 0 spiro atoms. The summed E-state index contributed by atoms with van der Waals surface area (Å²) in [6.07, 6.45) is 4.00. The summed E-state index contributed by atoms with van der Waals surface area (Å²) in [5.41, 5.74) is 8.68. The molecule has 4 N–H and O–H groups in total. The van der Waals surface area contributed by atoms with Crippen molar-refractivity contribution in [2.45, 2.75) is 31.1 Å². The Morgan fingerprint density at radius 2 is 1.73 bits per heavy atom. The minimum atomic E-state index is -3.02. The molecule has 37 heavy (non-hydrogen) atoms. The molecule has 2 aromatic carbocycles. The summed E-state index contributed by atoms with van der Waals surface area (Å²) < 4.78 is 50.7. The van der Waals surface area contributed by atoms with E-state index in [9.17, 15) is 22.0 Å². The summed E-state index contributed by atoms with van der Waals surface area (Å²) in [4.78, 5) is 18.0. The van der Waals surface area contributed by atoms with E-state index < -0.39 is 27.4 Å². The number of nitrogens with two attached hydrogens (primary N) is 1. The number of halogens is 2. The van der Waals surface area contributed by atoms with Crippen molar-refractivity contribution in [2.75, 3.05) is 34.9 Å². The molecule has 0 aliphatic carbocycles. The van der Waals surface area contributed by atoms with Gasteiger partial charge in [0.25, 0.3) is 0 Å². The van der Waals surface area contributed by atoms with Gasteiger partial charge in [-0.2, -0.15) is 0 Å². The average molecular weight is 530 g/mol. The van der Waals surface area contributed by atoms with Crippen molar-refractivity contribution in [3.63, 3.8) is 0 Å². The number of aromatic nitrogens is 1. The van der Waals surface area contributed by atoms with E-state index in [2.05, 4.69) is 20.5 Å². The molecule has 1 fully saturated rings. The van der Waals surface area contributed by atoms with Crippen molar-refractivity contribution in [2.24, 2.45) is 5.73 Å². The molecule has 196 valence electrons. The first-order chi connectivity index (χ1) is 17.6. The largest absolute Gasteiger partial charge is 0.381 e. The summed E-state index contributed by atoms with van der Waals surface area (Å²) in [5, 5.41) is 6.04. The average Bonchev–Trinajstić information content (AvgIpc) is 2.83. The highest BCUT2D eigenvalue weighted by molar-refractivity contribution is 7.91. The maximum Gasteiger partial charge on any atom is 0.221 e. The quantitative estimate of drug-likeness (QED) is 0.386. The number of pyridine rings is 1. The Hall–Kier alpha value is -3.73. The number of primary amides is 1. The number of carbonyl (C=O) groups is 1. The first-order valence-electron chi connectivity index (χ1n) is 11.8. The lowest BCUT2D eigenvalue weighted by Gasteiger charge is -2.32. The van der Waals surface area contributed by atoms with E-state index in [4.69, 9.17) is 5.73 Å². The number of amides is 1. The summed E-state index contributed by atoms with van der Waals surface area (Å²) in [6.45, 7) is 1.49. The summed E-state index contributed by atoms with van der Waals surface area (Å²) in [5.74, 6) is -1.37. The number of piperidine rings is 1. The maximum absolute atomic E-state index is 13.5. The number of nitrogens with zero attached hydrogens (tertiary/aromatic N) is 2. The van der Waals surface area contributed by atoms with Crippen LogP contribution in [-0.4, -0.2) is 43.9 Å². The SMILES string of the molecule is CS(=O)(=O)C1CCN(c2ccc(Nc3cc(NCc4cc(F)cc(F)c4)c(CC(N)=O)cn3)cc2)CC1. The topological polar surface area (TPSA) is 117 Å². The predicted octanol–water partition coefficient (Wildman–Crippen LogP) is 3.76. The molecule has 0 saturated carbocycles. The summed E-state index contributed by atoms with van der Waals surface area (Å²) >= 11 is 0. The van der Waals surface area contributed by atoms with Gasteiger partial charge in [-0.25, -0.2) is 22.2 Å². The van der Waals surface area contributed by atoms with Crippen LogP contribution in [0.3, 0.4) is 0 Å². The van der Waals surface area contributed by atoms with E-state index in [-0.39, 0.29) is 18.2 Å². The van der Waals surface area contributed by atoms with Crippen LogP contribution < -0.4 is 21.3 Å². The molecule has 1 aliphatic heterocycles. The second kappa shape index (κ2) is 11.1. The summed E-state index contributed by atoms with van der Waals surface area (Å²) in [7, 11) is -3.02. The molecule has 2 heterocycles. The van der Waals surface area contributed by atoms with E-state index in [1.807, 2.05) is 24.3 Å². The van der Waals surface area contributed by atoms with Crippen LogP contribution in [0.15, 0.2) is 54.7 Å². The number of hydrogen-bond acceptors (Lipinski definition) is 7. The Kier molecular flexibility index (Phi) is 7.91. The van der Waals surface area contributed by atoms with Crippen LogP contribution >= 0.6 is 0 Å². The zero-order valence-electron chi connectivity index (χ0n) is 20.4. The maximum atomic E-state index is 13.5. The third kappa shape index (κ3) is 7.16. The normalized spacial score (nSPS) is 14.4. The molecule has 1 aromatic heterocycles. The number of nitrogens with one attached hydrogen (secondary N) is 2. The number of benzene rings is 2. The van der Waals surface area contributed by atoms with Gasteiger partial charge >= 0.3 is 0 Å². The van der Waals surface area contributed by atoms with Crippen molar-refractivity contribution in [1.82, 2.24) is 4.98 Å². The van der Waals surface area contributed by atoms with E-state index in [1.54, 1.807) is 6.07 Å². The van der Waals surface area contributed by atoms with Gasteiger partial charge in [0.1, 0.15) is 27.3 Å². The third-order valence-electron chi connectivity index (χ3n) is 6.31. The van der Waals surface area contributed by atoms with Gasteiger partial charge in [0.2, 0.25) is 5.91 Å². The number of carbonyl (C=O) groups excluding carboxylic acids is 1. The van der Waals surface area contributed by atoms with Crippen molar-refractivity contribution >= 4 is 38.6 Å². The second-order valence-corrected chi connectivity index (χ2v) is 11.5. The van der Waals surface area contributed by atoms with Crippen molar-refractivity contribution in [1.29, 1.82) is 0 Å². The zero-order chi connectivity index (χ0) is 26.6. The van der Waals surface area contributed by atoms with Gasteiger partial charge in [-0.3, -0.25) is 4.79 Å². The van der Waals surface area contributed by atoms with Crippen molar-refractivity contribution < 1.29 is 22.0 Å². The van der Waals surface area contributed by atoms with Crippen LogP contribution in [0.1, 0.15) is 24.0 Å². The van der Waals surface area contributed by atoms with Gasteiger partial charge in [0, 0.05) is 66.8 Å². The number of hydrogen-bond donors (Lipinski definition) is 3. The van der Waals surface area contributed by atoms with Crippen LogP contribution in [0.2, 0.25) is 0 Å². The van der Waals surface area contributed by atoms with Gasteiger partial charge in [0.05, 0.1) is 11.7 Å². The number of sulfone groups is 1. The van der Waals surface area contributed by atoms with Crippen molar-refractivity contribution in [3.8, 4) is 0 Å². The highest BCUT2D eigenvalue weighted by atomic mass is 32.2. The van der Waals surface area contributed by atoms with Crippen LogP contribution in [0, 0.1) is 11.6 Å². The monoisotopic (exact) mass is 529 g/mol. The zero-order valence-corrected chi connectivity index (χ0v) is 21.2. The smallest absolute Gasteiger partial charge is 0.221 e. The molecular weight excluding hydrogens is 500 g/mol. The summed E-state index contributed by atoms with van der Waals surface area (Å²) in [6, 6.07) is 12.7. The fourth-order valence-electron chi connectivity index (χ4n) is 4.40. The second-order valence-electron chi connectivity index (χ2n) is 9.19. The fraction of sp³-hybridized carbons (Fsp3) is 0.308. The van der Waals surface area contributed by atoms with Crippen molar-refractivity contribution in [3.05, 3.63) is 77.5 Å². The molecule has 1 saturated heterocycles. The van der Waals surface area contributed by atoms with Gasteiger partial charge in [-0.1, -0.05) is 0 Å². The van der Waals surface area contributed by atoms with Gasteiger partial charge in [-0.15, -0.1) is 0 Å². The van der Waals surface area contributed by atoms with Crippen LogP contribution in [0.5, 0.6) is 0 Å². The van der Waals surface area contributed by atoms with E-state index in [0.29, 0.717) is 48.6 Å². The van der Waals surface area contributed by atoms with Gasteiger partial charge in [-0.05, 0) is 54.8 Å². The number of anilines is 4. The first kappa shape index (κ1) is 26.3. The van der Waals surface area contributed by atoms with Crippen LogP contribution in [0.4, 0.5) is 31.7 Å². The Balaban J connectivity index is 1.44. The molecule has 4 rings (SSSR count). The van der Waals surface area contributed by atoms with Gasteiger partial charge < -0.3 is 21.3 Å². The molecule has 1 amide bonds. The minimum Gasteiger partial charge on any atom is -0.381 e. The lowest BCUT2D eigenvalue weighted by Crippen LogP contribution is -2.38. The molecule has 3 aromatic rings. The molecule has 0 bridgehead atoms. The standard InChI is InChI=1S/C26H29F2N5O3S/c1-37(35,36)23-6-8-33(9-7-23)22-4-2-21(3-5-22)32-26-14-24(18(16-31-26)12-25(29)34)30-15-17-10-19(27)13-20(28)11-17/h2-5,10-11,13-14,16,23H,6-9,12,15H2,1H3,(H2,29,34)(H2,30,31,32). The Morgan fingerprint density at radius 3 is 2.32 bits per heavy atom. The highest BCUT2D eigenvalue weighted by Crippen LogP contribution is 2.27. The predicted molar refractivity (Wildman–Crippen MR) is 141 cm³/mol. The molecule has 0 atom stereocenters. The Labute approximate surface area is 214 Å². The molecule has 11 heteroatoms.